The van der Waals surface area contributed by atoms with E-state index in [1.54, 1.807) is 25.2 Å². The molecule has 1 heterocycles. The van der Waals surface area contributed by atoms with Gasteiger partial charge in [0.25, 0.3) is 0 Å². The van der Waals surface area contributed by atoms with Gasteiger partial charge in [-0.3, -0.25) is 4.79 Å². The van der Waals surface area contributed by atoms with Gasteiger partial charge in [-0.1, -0.05) is 6.07 Å². The third-order valence-electron chi connectivity index (χ3n) is 2.39. The second-order valence-electron chi connectivity index (χ2n) is 4.57. The SMILES string of the molecule is CC(C)(C#N)NC(=O)CCCCc1cccs1. The smallest absolute Gasteiger partial charge is 0.221 e. The summed E-state index contributed by atoms with van der Waals surface area (Å²) < 4.78 is 0. The number of aryl methyl sites for hydroxylation is 1. The monoisotopic (exact) mass is 250 g/mol. The Kier molecular flexibility index (Phi) is 5.17. The molecule has 0 radical (unpaired) electrons. The molecular formula is C13H18N2OS. The van der Waals surface area contributed by atoms with Gasteiger partial charge in [0.05, 0.1) is 6.07 Å². The molecule has 1 rings (SSSR count). The van der Waals surface area contributed by atoms with Gasteiger partial charge in [0, 0.05) is 11.3 Å². The van der Waals surface area contributed by atoms with Gasteiger partial charge in [0.15, 0.2) is 0 Å². The van der Waals surface area contributed by atoms with Crippen molar-refractivity contribution in [1.82, 2.24) is 5.32 Å². The third kappa shape index (κ3) is 5.50. The summed E-state index contributed by atoms with van der Waals surface area (Å²) in [6.07, 6.45) is 3.41. The highest BCUT2D eigenvalue weighted by molar-refractivity contribution is 7.09. The lowest BCUT2D eigenvalue weighted by Crippen LogP contribution is -2.41. The molecule has 17 heavy (non-hydrogen) atoms. The van der Waals surface area contributed by atoms with Crippen molar-refractivity contribution in [3.63, 3.8) is 0 Å². The molecule has 0 atom stereocenters. The molecule has 3 nitrogen and oxygen atoms in total. The summed E-state index contributed by atoms with van der Waals surface area (Å²) in [5.41, 5.74) is -0.759. The minimum Gasteiger partial charge on any atom is -0.338 e. The maximum atomic E-state index is 11.5. The van der Waals surface area contributed by atoms with Crippen molar-refractivity contribution in [3.05, 3.63) is 22.4 Å². The van der Waals surface area contributed by atoms with Gasteiger partial charge in [0.2, 0.25) is 5.91 Å². The Morgan fingerprint density at radius 1 is 1.53 bits per heavy atom. The standard InChI is InChI=1S/C13H18N2OS/c1-13(2,10-14)15-12(16)8-4-3-6-11-7-5-9-17-11/h5,7,9H,3-4,6,8H2,1-2H3,(H,15,16). The lowest BCUT2D eigenvalue weighted by molar-refractivity contribution is -0.122. The van der Waals surface area contributed by atoms with E-state index in [0.717, 1.165) is 19.3 Å². The first-order chi connectivity index (χ1) is 8.03. The highest BCUT2D eigenvalue weighted by Crippen LogP contribution is 2.12. The van der Waals surface area contributed by atoms with Crippen LogP contribution in [-0.2, 0) is 11.2 Å². The highest BCUT2D eigenvalue weighted by Gasteiger charge is 2.18. The zero-order chi connectivity index (χ0) is 12.7. The average molecular weight is 250 g/mol. The van der Waals surface area contributed by atoms with Crippen LogP contribution in [0.2, 0.25) is 0 Å². The number of amides is 1. The summed E-state index contributed by atoms with van der Waals surface area (Å²) in [6, 6.07) is 6.21. The molecule has 1 amide bonds. The second-order valence-corrected chi connectivity index (χ2v) is 5.60. The van der Waals surface area contributed by atoms with Crippen LogP contribution in [0, 0.1) is 11.3 Å². The number of nitrogens with zero attached hydrogens (tertiary/aromatic N) is 1. The first kappa shape index (κ1) is 13.7. The third-order valence-corrected chi connectivity index (χ3v) is 3.32. The second kappa shape index (κ2) is 6.41. The Bertz CT molecular complexity index is 390. The molecule has 0 saturated carbocycles. The molecule has 0 aliphatic rings. The van der Waals surface area contributed by atoms with Crippen LogP contribution in [0.1, 0.15) is 38.0 Å². The summed E-state index contributed by atoms with van der Waals surface area (Å²) in [7, 11) is 0. The maximum absolute atomic E-state index is 11.5. The fraction of sp³-hybridized carbons (Fsp3) is 0.538. The van der Waals surface area contributed by atoms with E-state index in [0.29, 0.717) is 6.42 Å². The first-order valence-corrected chi connectivity index (χ1v) is 6.66. The van der Waals surface area contributed by atoms with Crippen molar-refractivity contribution < 1.29 is 4.79 Å². The Balaban J connectivity index is 2.15. The van der Waals surface area contributed by atoms with Crippen molar-refractivity contribution in [2.24, 2.45) is 0 Å². The Morgan fingerprint density at radius 3 is 2.88 bits per heavy atom. The predicted octanol–water partition coefficient (Wildman–Crippen LogP) is 2.88. The van der Waals surface area contributed by atoms with E-state index in [1.807, 2.05) is 6.07 Å². The molecule has 0 aromatic carbocycles. The quantitative estimate of drug-likeness (QED) is 0.789. The summed E-state index contributed by atoms with van der Waals surface area (Å²) in [4.78, 5) is 12.9. The summed E-state index contributed by atoms with van der Waals surface area (Å²) in [5.74, 6) is -0.0391. The normalized spacial score (nSPS) is 10.9. The van der Waals surface area contributed by atoms with E-state index in [1.165, 1.54) is 4.88 Å². The Labute approximate surface area is 106 Å². The van der Waals surface area contributed by atoms with Crippen molar-refractivity contribution in [2.45, 2.75) is 45.1 Å². The van der Waals surface area contributed by atoms with E-state index in [2.05, 4.69) is 22.8 Å². The zero-order valence-corrected chi connectivity index (χ0v) is 11.1. The molecule has 0 bridgehead atoms. The summed E-state index contributed by atoms with van der Waals surface area (Å²) in [5, 5.41) is 13.5. The number of hydrogen-bond acceptors (Lipinski definition) is 3. The van der Waals surface area contributed by atoms with Gasteiger partial charge in [-0.05, 0) is 44.6 Å². The predicted molar refractivity (Wildman–Crippen MR) is 69.7 cm³/mol. The molecule has 92 valence electrons. The Morgan fingerprint density at radius 2 is 2.29 bits per heavy atom. The summed E-state index contributed by atoms with van der Waals surface area (Å²) in [6.45, 7) is 3.41. The molecule has 1 N–H and O–H groups in total. The van der Waals surface area contributed by atoms with E-state index in [9.17, 15) is 4.79 Å². The van der Waals surface area contributed by atoms with Crippen molar-refractivity contribution in [1.29, 1.82) is 5.26 Å². The number of nitriles is 1. The maximum Gasteiger partial charge on any atom is 0.221 e. The zero-order valence-electron chi connectivity index (χ0n) is 10.3. The molecule has 0 aliphatic heterocycles. The van der Waals surface area contributed by atoms with Gasteiger partial charge >= 0.3 is 0 Å². The minimum absolute atomic E-state index is 0.0391. The first-order valence-electron chi connectivity index (χ1n) is 5.78. The highest BCUT2D eigenvalue weighted by atomic mass is 32.1. The number of thiophene rings is 1. The van der Waals surface area contributed by atoms with Crippen LogP contribution in [0.4, 0.5) is 0 Å². The van der Waals surface area contributed by atoms with E-state index in [-0.39, 0.29) is 5.91 Å². The largest absolute Gasteiger partial charge is 0.338 e. The molecule has 0 unspecified atom stereocenters. The van der Waals surface area contributed by atoms with Crippen LogP contribution in [0.15, 0.2) is 17.5 Å². The Hall–Kier alpha value is -1.34. The van der Waals surface area contributed by atoms with Crippen LogP contribution in [0.25, 0.3) is 0 Å². The van der Waals surface area contributed by atoms with E-state index < -0.39 is 5.54 Å². The number of carbonyl (C=O) groups is 1. The van der Waals surface area contributed by atoms with Crippen molar-refractivity contribution >= 4 is 17.2 Å². The average Bonchev–Trinajstić information content (AvgIpc) is 2.77. The van der Waals surface area contributed by atoms with Crippen LogP contribution >= 0.6 is 11.3 Å². The lowest BCUT2D eigenvalue weighted by Gasteiger charge is -2.17. The topological polar surface area (TPSA) is 52.9 Å². The fourth-order valence-corrected chi connectivity index (χ4v) is 2.23. The van der Waals surface area contributed by atoms with Crippen LogP contribution in [0.5, 0.6) is 0 Å². The molecule has 1 aromatic heterocycles. The van der Waals surface area contributed by atoms with Crippen molar-refractivity contribution in [2.75, 3.05) is 0 Å². The van der Waals surface area contributed by atoms with Gasteiger partial charge in [-0.25, -0.2) is 0 Å². The van der Waals surface area contributed by atoms with Gasteiger partial charge in [-0.2, -0.15) is 5.26 Å². The molecular weight excluding hydrogens is 232 g/mol. The molecule has 0 saturated heterocycles. The van der Waals surface area contributed by atoms with Gasteiger partial charge in [-0.15, -0.1) is 11.3 Å². The lowest BCUT2D eigenvalue weighted by atomic mass is 10.1. The van der Waals surface area contributed by atoms with Gasteiger partial charge in [0.1, 0.15) is 5.54 Å². The number of carbonyl (C=O) groups excluding carboxylic acids is 1. The number of unbranched alkanes of at least 4 members (excludes halogenated alkanes) is 1. The van der Waals surface area contributed by atoms with Crippen LogP contribution in [0.3, 0.4) is 0 Å². The molecule has 0 fully saturated rings. The van der Waals surface area contributed by atoms with Crippen molar-refractivity contribution in [3.8, 4) is 6.07 Å². The molecule has 0 aliphatic carbocycles. The summed E-state index contributed by atoms with van der Waals surface area (Å²) >= 11 is 1.75. The van der Waals surface area contributed by atoms with E-state index >= 15 is 0 Å². The van der Waals surface area contributed by atoms with Crippen LogP contribution in [-0.4, -0.2) is 11.4 Å². The molecule has 0 spiro atoms. The van der Waals surface area contributed by atoms with Crippen LogP contribution < -0.4 is 5.32 Å². The minimum atomic E-state index is -0.759. The molecule has 1 aromatic rings. The molecule has 4 heteroatoms. The van der Waals surface area contributed by atoms with Gasteiger partial charge < -0.3 is 5.32 Å². The number of nitrogens with one attached hydrogen (secondary N) is 1. The van der Waals surface area contributed by atoms with E-state index in [4.69, 9.17) is 5.26 Å². The number of hydrogen-bond donors (Lipinski definition) is 1. The number of rotatable bonds is 6. The fourth-order valence-electron chi connectivity index (χ4n) is 1.48.